The summed E-state index contributed by atoms with van der Waals surface area (Å²) in [5, 5.41) is 2.44. The van der Waals surface area contributed by atoms with Gasteiger partial charge in [0.2, 0.25) is 0 Å². The zero-order valence-corrected chi connectivity index (χ0v) is 41.0. The molecule has 346 valence electrons. The van der Waals surface area contributed by atoms with Crippen molar-refractivity contribution in [2.75, 3.05) is 9.80 Å². The van der Waals surface area contributed by atoms with E-state index in [9.17, 15) is 0 Å². The Balaban J connectivity index is 0.962. The number of aryl methyl sites for hydroxylation is 2. The van der Waals surface area contributed by atoms with Gasteiger partial charge in [-0.05, 0) is 182 Å². The maximum Gasteiger partial charge on any atom is 0.0538 e. The van der Waals surface area contributed by atoms with Crippen LogP contribution in [0.1, 0.15) is 22.5 Å². The van der Waals surface area contributed by atoms with Crippen molar-refractivity contribution in [3.8, 4) is 44.8 Å². The van der Waals surface area contributed by atoms with Gasteiger partial charge in [0.05, 0.1) is 11.0 Å². The molecule has 72 heavy (non-hydrogen) atoms. The van der Waals surface area contributed by atoms with Gasteiger partial charge in [-0.3, -0.25) is 0 Å². The van der Waals surface area contributed by atoms with E-state index in [0.717, 1.165) is 45.5 Å². The second-order valence-corrected chi connectivity index (χ2v) is 18.8. The van der Waals surface area contributed by atoms with Gasteiger partial charge in [-0.25, -0.2) is 0 Å². The van der Waals surface area contributed by atoms with Gasteiger partial charge < -0.3 is 18.9 Å². The average Bonchev–Trinajstić information content (AvgIpc) is 3.88. The van der Waals surface area contributed by atoms with Crippen molar-refractivity contribution in [3.63, 3.8) is 0 Å². The number of rotatable bonds is 11. The third kappa shape index (κ3) is 8.03. The zero-order chi connectivity index (χ0) is 48.7. The monoisotopic (exact) mass is 926 g/mol. The summed E-state index contributed by atoms with van der Waals surface area (Å²) in [6.07, 6.45) is 0. The number of nitrogens with zero attached hydrogens (tertiary/aromatic N) is 4. The molecule has 0 unspecified atom stereocenters. The van der Waals surface area contributed by atoms with E-state index in [2.05, 4.69) is 301 Å². The Kier molecular flexibility index (Phi) is 11.4. The van der Waals surface area contributed by atoms with Crippen LogP contribution >= 0.6 is 0 Å². The van der Waals surface area contributed by atoms with Gasteiger partial charge >= 0.3 is 0 Å². The molecular formula is C68H54N4. The minimum atomic E-state index is 1.11. The summed E-state index contributed by atoms with van der Waals surface area (Å²) < 4.78 is 4.85. The molecule has 0 N–H and O–H groups in total. The summed E-state index contributed by atoms with van der Waals surface area (Å²) in [6, 6.07) is 92.5. The fourth-order valence-corrected chi connectivity index (χ4v) is 10.9. The number of fused-ring (bicyclic) bond motifs is 2. The predicted molar refractivity (Wildman–Crippen MR) is 305 cm³/mol. The highest BCUT2D eigenvalue weighted by atomic mass is 15.1. The largest absolute Gasteiger partial charge is 0.313 e. The molecule has 0 saturated heterocycles. The molecule has 0 aliphatic rings. The number of hydrogen-bond acceptors (Lipinski definition) is 2. The van der Waals surface area contributed by atoms with Crippen LogP contribution in [0.4, 0.5) is 34.1 Å². The van der Waals surface area contributed by atoms with Crippen LogP contribution in [0, 0.1) is 27.7 Å². The molecule has 0 spiro atoms. The maximum atomic E-state index is 2.43. The lowest BCUT2D eigenvalue weighted by molar-refractivity contribution is 1.05. The van der Waals surface area contributed by atoms with E-state index in [1.807, 2.05) is 0 Å². The Hall–Kier alpha value is -9.12. The molecule has 0 radical (unpaired) electrons. The Labute approximate surface area is 422 Å². The lowest BCUT2D eigenvalue weighted by atomic mass is 9.96. The van der Waals surface area contributed by atoms with E-state index in [0.29, 0.717) is 0 Å². The summed E-state index contributed by atoms with van der Waals surface area (Å²) in [5.41, 5.74) is 23.4. The van der Waals surface area contributed by atoms with E-state index in [4.69, 9.17) is 0 Å². The molecular weight excluding hydrogens is 873 g/mol. The van der Waals surface area contributed by atoms with Gasteiger partial charge in [0.25, 0.3) is 0 Å². The van der Waals surface area contributed by atoms with Crippen molar-refractivity contribution in [2.45, 2.75) is 27.7 Å². The van der Waals surface area contributed by atoms with Gasteiger partial charge in [-0.15, -0.1) is 0 Å². The van der Waals surface area contributed by atoms with Crippen LogP contribution in [0.2, 0.25) is 0 Å². The Morgan fingerprint density at radius 3 is 0.958 bits per heavy atom. The molecule has 0 saturated carbocycles. The predicted octanol–water partition coefficient (Wildman–Crippen LogP) is 18.7. The molecule has 0 aliphatic heterocycles. The van der Waals surface area contributed by atoms with Crippen LogP contribution in [0.5, 0.6) is 0 Å². The van der Waals surface area contributed by atoms with Crippen LogP contribution in [-0.2, 0) is 0 Å². The van der Waals surface area contributed by atoms with Gasteiger partial charge in [0.1, 0.15) is 0 Å². The quantitative estimate of drug-likeness (QED) is 0.129. The second-order valence-electron chi connectivity index (χ2n) is 18.8. The molecule has 0 bridgehead atoms. The number of benzene rings is 10. The van der Waals surface area contributed by atoms with E-state index in [1.54, 1.807) is 0 Å². The van der Waals surface area contributed by atoms with E-state index < -0.39 is 0 Å². The fourth-order valence-electron chi connectivity index (χ4n) is 10.9. The molecule has 4 heteroatoms. The summed E-state index contributed by atoms with van der Waals surface area (Å²) in [5.74, 6) is 0. The highest BCUT2D eigenvalue weighted by Crippen LogP contribution is 2.44. The molecule has 12 aromatic rings. The van der Waals surface area contributed by atoms with Crippen molar-refractivity contribution in [3.05, 3.63) is 277 Å². The maximum absolute atomic E-state index is 2.43. The lowest BCUT2D eigenvalue weighted by Crippen LogP contribution is -2.10. The van der Waals surface area contributed by atoms with Crippen LogP contribution in [0.15, 0.2) is 255 Å². The van der Waals surface area contributed by atoms with Crippen LogP contribution in [0.25, 0.3) is 66.6 Å². The SMILES string of the molecule is Cc1cccc(N(c2ccccc2)c2ccc(-n3c(C)c(-c4ccccc4)c4cc(-c5ccc6c(c5)c(-c5ccccc5)c(C)n6-c5ccc(N(c6ccccc6)c6cccc(C)c6)cc5)ccc43)cc2)c1. The average molecular weight is 927 g/mol. The number of hydrogen-bond donors (Lipinski definition) is 0. The highest BCUT2D eigenvalue weighted by Gasteiger charge is 2.22. The van der Waals surface area contributed by atoms with Crippen molar-refractivity contribution in [1.82, 2.24) is 9.13 Å². The summed E-state index contributed by atoms with van der Waals surface area (Å²) >= 11 is 0. The zero-order valence-electron chi connectivity index (χ0n) is 41.0. The van der Waals surface area contributed by atoms with Gasteiger partial charge in [-0.2, -0.15) is 0 Å². The summed E-state index contributed by atoms with van der Waals surface area (Å²) in [4.78, 5) is 4.66. The third-order valence-corrected chi connectivity index (χ3v) is 14.1. The molecule has 0 fully saturated rings. The first-order valence-electron chi connectivity index (χ1n) is 24.8. The van der Waals surface area contributed by atoms with Crippen LogP contribution in [0.3, 0.4) is 0 Å². The fraction of sp³-hybridized carbons (Fsp3) is 0.0588. The first-order chi connectivity index (χ1) is 35.4. The van der Waals surface area contributed by atoms with Crippen LogP contribution in [-0.4, -0.2) is 9.13 Å². The minimum absolute atomic E-state index is 1.11. The second kappa shape index (κ2) is 18.7. The highest BCUT2D eigenvalue weighted by molar-refractivity contribution is 6.04. The van der Waals surface area contributed by atoms with Crippen molar-refractivity contribution >= 4 is 55.9 Å². The number of aromatic nitrogens is 2. The number of anilines is 6. The Bertz CT molecular complexity index is 3610. The van der Waals surface area contributed by atoms with Crippen molar-refractivity contribution in [1.29, 1.82) is 0 Å². The van der Waals surface area contributed by atoms with Gasteiger partial charge in [0.15, 0.2) is 0 Å². The van der Waals surface area contributed by atoms with E-state index in [-0.39, 0.29) is 0 Å². The molecule has 2 heterocycles. The summed E-state index contributed by atoms with van der Waals surface area (Å²) in [6.45, 7) is 8.82. The van der Waals surface area contributed by atoms with Crippen molar-refractivity contribution < 1.29 is 0 Å². The molecule has 0 amide bonds. The molecule has 0 atom stereocenters. The van der Waals surface area contributed by atoms with Crippen LogP contribution < -0.4 is 9.80 Å². The first kappa shape index (κ1) is 44.1. The minimum Gasteiger partial charge on any atom is -0.313 e. The topological polar surface area (TPSA) is 16.3 Å². The van der Waals surface area contributed by atoms with Gasteiger partial charge in [-0.1, -0.05) is 133 Å². The van der Waals surface area contributed by atoms with Crippen molar-refractivity contribution in [2.24, 2.45) is 0 Å². The molecule has 4 nitrogen and oxygen atoms in total. The number of para-hydroxylation sites is 2. The Morgan fingerprint density at radius 1 is 0.264 bits per heavy atom. The molecule has 12 rings (SSSR count). The molecule has 10 aromatic carbocycles. The standard InChI is InChI=1S/C68H54N4/c1-47-19-17-29-61(43-47)71(55-25-13-7-14-26-55)59-37-33-57(34-38-59)69-49(3)67(51-21-9-5-10-22-51)63-45-53(31-41-65(63)69)54-32-42-66-64(46-54)68(52-23-11-6-12-24-52)50(4)70(66)58-35-39-60(40-36-58)72(56-27-15-8-16-28-56)62-30-18-20-48(2)44-62/h5-46H,1-4H3. The Morgan fingerprint density at radius 2 is 0.597 bits per heavy atom. The normalized spacial score (nSPS) is 11.3. The first-order valence-corrected chi connectivity index (χ1v) is 24.8. The van der Waals surface area contributed by atoms with E-state index >= 15 is 0 Å². The molecule has 0 aliphatic carbocycles. The van der Waals surface area contributed by atoms with E-state index in [1.165, 1.54) is 77.7 Å². The molecule has 2 aromatic heterocycles. The summed E-state index contributed by atoms with van der Waals surface area (Å²) in [7, 11) is 0. The smallest absolute Gasteiger partial charge is 0.0538 e. The lowest BCUT2D eigenvalue weighted by Gasteiger charge is -2.26. The van der Waals surface area contributed by atoms with Gasteiger partial charge in [0, 0.05) is 78.8 Å². The third-order valence-electron chi connectivity index (χ3n) is 14.1.